The molecule has 11 heavy (non-hydrogen) atoms. The zero-order chi connectivity index (χ0) is 8.27. The fourth-order valence-electron chi connectivity index (χ4n) is 0.899. The van der Waals surface area contributed by atoms with Crippen molar-refractivity contribution in [1.82, 2.24) is 10.2 Å². The molecule has 2 amide bonds. The van der Waals surface area contributed by atoms with Crippen molar-refractivity contribution in [1.29, 1.82) is 0 Å². The van der Waals surface area contributed by atoms with Crippen molar-refractivity contribution in [2.24, 2.45) is 5.73 Å². The van der Waals surface area contributed by atoms with Gasteiger partial charge in [-0.1, -0.05) is 0 Å². The summed E-state index contributed by atoms with van der Waals surface area (Å²) in [5.74, 6) is 0. The normalized spacial score (nSPS) is 23.6. The van der Waals surface area contributed by atoms with Crippen molar-refractivity contribution in [3.8, 4) is 0 Å². The van der Waals surface area contributed by atoms with Crippen LogP contribution in [0.25, 0.3) is 0 Å². The maximum Gasteiger partial charge on any atom is 0.322 e. The number of hydrogen-bond acceptors (Lipinski definition) is 3. The maximum absolute atomic E-state index is 11.0. The molecule has 0 bridgehead atoms. The van der Waals surface area contributed by atoms with Crippen LogP contribution in [-0.2, 0) is 0 Å². The SMILES string of the molecule is NC1C=CNC(=O)N1CCO. The molecule has 62 valence electrons. The standard InChI is InChI=1S/C6H11N3O2/c7-5-1-2-8-6(11)9(5)3-4-10/h1-2,5,10H,3-4,7H2,(H,8,11). The first kappa shape index (κ1) is 8.03. The van der Waals surface area contributed by atoms with E-state index in [1.807, 2.05) is 0 Å². The minimum atomic E-state index is -0.420. The molecule has 1 heterocycles. The Morgan fingerprint density at radius 3 is 3.09 bits per heavy atom. The Balaban J connectivity index is 2.59. The Labute approximate surface area is 64.5 Å². The number of hydrogen-bond donors (Lipinski definition) is 3. The van der Waals surface area contributed by atoms with Gasteiger partial charge < -0.3 is 21.1 Å². The number of nitrogens with two attached hydrogens (primary N) is 1. The van der Waals surface area contributed by atoms with Crippen LogP contribution < -0.4 is 11.1 Å². The van der Waals surface area contributed by atoms with Crippen LogP contribution in [0.3, 0.4) is 0 Å². The summed E-state index contributed by atoms with van der Waals surface area (Å²) in [6, 6.07) is -0.269. The van der Waals surface area contributed by atoms with Gasteiger partial charge in [-0.3, -0.25) is 0 Å². The zero-order valence-electron chi connectivity index (χ0n) is 6.03. The third-order valence-electron chi connectivity index (χ3n) is 1.46. The van der Waals surface area contributed by atoms with E-state index in [1.54, 1.807) is 6.08 Å². The average Bonchev–Trinajstić information content (AvgIpc) is 1.97. The molecule has 0 aliphatic carbocycles. The van der Waals surface area contributed by atoms with Gasteiger partial charge in [0.15, 0.2) is 0 Å². The molecule has 0 spiro atoms. The van der Waals surface area contributed by atoms with Crippen LogP contribution >= 0.6 is 0 Å². The fraction of sp³-hybridized carbons (Fsp3) is 0.500. The lowest BCUT2D eigenvalue weighted by Gasteiger charge is -2.28. The van der Waals surface area contributed by atoms with Gasteiger partial charge in [0.1, 0.15) is 6.17 Å². The lowest BCUT2D eigenvalue weighted by atomic mass is 10.3. The maximum atomic E-state index is 11.0. The first-order valence-electron chi connectivity index (χ1n) is 3.36. The second-order valence-corrected chi connectivity index (χ2v) is 2.22. The van der Waals surface area contributed by atoms with Gasteiger partial charge in [-0.25, -0.2) is 4.79 Å². The Bertz CT molecular complexity index is 181. The third-order valence-corrected chi connectivity index (χ3v) is 1.46. The fourth-order valence-corrected chi connectivity index (χ4v) is 0.899. The van der Waals surface area contributed by atoms with Crippen LogP contribution in [0.2, 0.25) is 0 Å². The highest BCUT2D eigenvalue weighted by Crippen LogP contribution is 1.99. The van der Waals surface area contributed by atoms with Crippen LogP contribution in [0.4, 0.5) is 4.79 Å². The number of carbonyl (C=O) groups is 1. The van der Waals surface area contributed by atoms with E-state index in [1.165, 1.54) is 11.1 Å². The number of nitrogens with one attached hydrogen (secondary N) is 1. The molecular formula is C6H11N3O2. The molecule has 0 saturated heterocycles. The zero-order valence-corrected chi connectivity index (χ0v) is 6.03. The van der Waals surface area contributed by atoms with Crippen molar-refractivity contribution in [2.75, 3.05) is 13.2 Å². The molecule has 1 atom stereocenters. The highest BCUT2D eigenvalue weighted by Gasteiger charge is 2.19. The Hall–Kier alpha value is -1.07. The van der Waals surface area contributed by atoms with E-state index in [-0.39, 0.29) is 19.2 Å². The number of amides is 2. The Morgan fingerprint density at radius 2 is 2.55 bits per heavy atom. The number of β-amino-alcohol motifs (C(OH)–C–C–N with tert-alkyl or cyclic N) is 1. The van der Waals surface area contributed by atoms with E-state index in [0.717, 1.165) is 0 Å². The van der Waals surface area contributed by atoms with Crippen molar-refractivity contribution in [3.63, 3.8) is 0 Å². The Kier molecular flexibility index (Phi) is 2.45. The predicted molar refractivity (Wildman–Crippen MR) is 39.4 cm³/mol. The van der Waals surface area contributed by atoms with Crippen LogP contribution in [0.15, 0.2) is 12.3 Å². The van der Waals surface area contributed by atoms with Crippen molar-refractivity contribution in [3.05, 3.63) is 12.3 Å². The lowest BCUT2D eigenvalue weighted by molar-refractivity contribution is 0.164. The molecule has 1 aliphatic rings. The summed E-state index contributed by atoms with van der Waals surface area (Å²) in [5.41, 5.74) is 5.52. The van der Waals surface area contributed by atoms with Gasteiger partial charge in [0.2, 0.25) is 0 Å². The second-order valence-electron chi connectivity index (χ2n) is 2.22. The molecule has 5 nitrogen and oxygen atoms in total. The van der Waals surface area contributed by atoms with Gasteiger partial charge in [-0.2, -0.15) is 0 Å². The average molecular weight is 157 g/mol. The van der Waals surface area contributed by atoms with Crippen LogP contribution in [0, 0.1) is 0 Å². The summed E-state index contributed by atoms with van der Waals surface area (Å²) < 4.78 is 0. The van der Waals surface area contributed by atoms with Crippen LogP contribution in [-0.4, -0.2) is 35.4 Å². The number of urea groups is 1. The molecule has 1 rings (SSSR count). The molecule has 0 saturated carbocycles. The summed E-state index contributed by atoms with van der Waals surface area (Å²) in [4.78, 5) is 12.3. The van der Waals surface area contributed by atoms with E-state index in [9.17, 15) is 4.79 Å². The van der Waals surface area contributed by atoms with Crippen LogP contribution in [0.1, 0.15) is 0 Å². The number of nitrogens with zero attached hydrogens (tertiary/aromatic N) is 1. The quantitative estimate of drug-likeness (QED) is 0.471. The van der Waals surface area contributed by atoms with Crippen LogP contribution in [0.5, 0.6) is 0 Å². The first-order chi connectivity index (χ1) is 5.25. The summed E-state index contributed by atoms with van der Waals surface area (Å²) in [6.45, 7) is 0.187. The van der Waals surface area contributed by atoms with E-state index in [0.29, 0.717) is 0 Å². The highest BCUT2D eigenvalue weighted by atomic mass is 16.3. The number of aliphatic hydroxyl groups is 1. The second kappa shape index (κ2) is 3.36. The molecule has 0 aromatic heterocycles. The number of aliphatic hydroxyl groups excluding tert-OH is 1. The predicted octanol–water partition coefficient (Wildman–Crippen LogP) is -1.20. The summed E-state index contributed by atoms with van der Waals surface area (Å²) >= 11 is 0. The van der Waals surface area contributed by atoms with Crippen molar-refractivity contribution < 1.29 is 9.90 Å². The molecule has 1 aliphatic heterocycles. The third kappa shape index (κ3) is 1.69. The molecule has 0 aromatic rings. The van der Waals surface area contributed by atoms with Gasteiger partial charge in [0.05, 0.1) is 6.61 Å². The van der Waals surface area contributed by atoms with Crippen molar-refractivity contribution >= 4 is 6.03 Å². The monoisotopic (exact) mass is 157 g/mol. The largest absolute Gasteiger partial charge is 0.395 e. The van der Waals surface area contributed by atoms with Gasteiger partial charge >= 0.3 is 6.03 Å². The van der Waals surface area contributed by atoms with E-state index < -0.39 is 6.17 Å². The van der Waals surface area contributed by atoms with Gasteiger partial charge in [0, 0.05) is 12.7 Å². The van der Waals surface area contributed by atoms with E-state index in [4.69, 9.17) is 10.8 Å². The van der Waals surface area contributed by atoms with E-state index in [2.05, 4.69) is 5.32 Å². The number of rotatable bonds is 2. The molecule has 4 N–H and O–H groups in total. The molecule has 0 radical (unpaired) electrons. The first-order valence-corrected chi connectivity index (χ1v) is 3.36. The van der Waals surface area contributed by atoms with Gasteiger partial charge in [-0.15, -0.1) is 0 Å². The topological polar surface area (TPSA) is 78.6 Å². The summed E-state index contributed by atoms with van der Waals surface area (Å²) in [6.07, 6.45) is 2.73. The minimum absolute atomic E-state index is 0.0744. The molecule has 0 fully saturated rings. The minimum Gasteiger partial charge on any atom is -0.395 e. The molecule has 1 unspecified atom stereocenters. The number of carbonyl (C=O) groups excluding carboxylic acids is 1. The molecule has 5 heteroatoms. The Morgan fingerprint density at radius 1 is 1.82 bits per heavy atom. The highest BCUT2D eigenvalue weighted by molar-refractivity contribution is 5.76. The lowest BCUT2D eigenvalue weighted by Crippen LogP contribution is -2.52. The van der Waals surface area contributed by atoms with Gasteiger partial charge in [-0.05, 0) is 6.08 Å². The molecule has 0 aromatic carbocycles. The smallest absolute Gasteiger partial charge is 0.322 e. The van der Waals surface area contributed by atoms with Gasteiger partial charge in [0.25, 0.3) is 0 Å². The van der Waals surface area contributed by atoms with E-state index >= 15 is 0 Å². The van der Waals surface area contributed by atoms with Crippen molar-refractivity contribution in [2.45, 2.75) is 6.17 Å². The molecular weight excluding hydrogens is 146 g/mol. The summed E-state index contributed by atoms with van der Waals surface area (Å²) in [7, 11) is 0. The summed E-state index contributed by atoms with van der Waals surface area (Å²) in [5, 5.41) is 11.0.